The number of para-hydroxylation sites is 3. The fourth-order valence-electron chi connectivity index (χ4n) is 6.11. The van der Waals surface area contributed by atoms with Crippen LogP contribution in [-0.2, 0) is 17.9 Å². The molecule has 49 heavy (non-hydrogen) atoms. The van der Waals surface area contributed by atoms with Crippen LogP contribution < -0.4 is 14.5 Å². The van der Waals surface area contributed by atoms with Gasteiger partial charge < -0.3 is 0 Å². The number of hydrogen-bond donors (Lipinski definition) is 1. The second-order valence-corrected chi connectivity index (χ2v) is 14.7. The van der Waals surface area contributed by atoms with Crippen molar-refractivity contribution in [2.75, 3.05) is 16.3 Å². The van der Waals surface area contributed by atoms with Gasteiger partial charge >= 0.3 is 314 Å². The number of hydrogen-bond acceptors (Lipinski definition) is 5. The number of benzene rings is 5. The molecule has 2 atom stereocenters. The molecule has 0 amide bonds. The third-order valence-electron chi connectivity index (χ3n) is 8.18. The first-order valence-electron chi connectivity index (χ1n) is 15.0. The molecule has 0 spiro atoms. The zero-order valence-electron chi connectivity index (χ0n) is 26.0. The zero-order valence-corrected chi connectivity index (χ0v) is 30.9. The van der Waals surface area contributed by atoms with Crippen LogP contribution in [0.25, 0.3) is 11.1 Å². The number of anilines is 2. The average Bonchev–Trinajstić information content (AvgIpc) is 3.34. The Morgan fingerprint density at radius 3 is 2.00 bits per heavy atom. The summed E-state index contributed by atoms with van der Waals surface area (Å²) in [5, 5.41) is 0.589. The van der Waals surface area contributed by atoms with E-state index in [0.29, 0.717) is 26.1 Å². The maximum absolute atomic E-state index is 15.9. The van der Waals surface area contributed by atoms with Crippen LogP contribution in [0.3, 0.4) is 0 Å². The van der Waals surface area contributed by atoms with Gasteiger partial charge in [-0.25, -0.2) is 0 Å². The van der Waals surface area contributed by atoms with Gasteiger partial charge in [-0.2, -0.15) is 0 Å². The molecule has 0 unspecified atom stereocenters. The predicted molar refractivity (Wildman–Crippen MR) is 191 cm³/mol. The molecule has 0 saturated carbocycles. The quantitative estimate of drug-likeness (QED) is 0.0523. The molecule has 1 saturated heterocycles. The van der Waals surface area contributed by atoms with Crippen molar-refractivity contribution < 1.29 is 40.1 Å². The van der Waals surface area contributed by atoms with Crippen molar-refractivity contribution in [2.24, 2.45) is 0 Å². The van der Waals surface area contributed by atoms with Crippen LogP contribution in [0.15, 0.2) is 107 Å². The molecular formula is C37H28Cl2F4N2ORuS2+. The van der Waals surface area contributed by atoms with Crippen molar-refractivity contribution in [3.8, 4) is 16.9 Å². The van der Waals surface area contributed by atoms with Gasteiger partial charge in [0.2, 0.25) is 0 Å². The SMILES string of the molecule is CC1(C)CN(c2c(F)cccc2F)[C@H]([C@H](Oc2c([CH]=[Ru+])cccc2-c2ccccc2)Sc2c(Cl)ccc(Cl)c2S)N1c1c(F)cccc1F. The normalized spacial score (nSPS) is 16.1. The Morgan fingerprint density at radius 1 is 0.816 bits per heavy atom. The van der Waals surface area contributed by atoms with E-state index in [9.17, 15) is 0 Å². The number of thiol groups is 1. The van der Waals surface area contributed by atoms with Gasteiger partial charge in [0, 0.05) is 0 Å². The number of nitrogens with zero attached hydrogens (tertiary/aromatic N) is 2. The first-order valence-corrected chi connectivity index (χ1v) is 18.1. The number of halogens is 6. The summed E-state index contributed by atoms with van der Waals surface area (Å²) in [5.74, 6) is -2.97. The molecule has 12 heteroatoms. The van der Waals surface area contributed by atoms with Crippen LogP contribution in [0.2, 0.25) is 10.0 Å². The molecule has 5 aromatic rings. The molecule has 1 aliphatic heterocycles. The Labute approximate surface area is 311 Å². The van der Waals surface area contributed by atoms with Crippen molar-refractivity contribution in [1.82, 2.24) is 0 Å². The molecule has 5 aromatic carbocycles. The summed E-state index contributed by atoms with van der Waals surface area (Å²) in [4.78, 5) is 3.70. The van der Waals surface area contributed by atoms with Gasteiger partial charge in [0.1, 0.15) is 0 Å². The third kappa shape index (κ3) is 7.00. The van der Waals surface area contributed by atoms with Crippen molar-refractivity contribution in [1.29, 1.82) is 0 Å². The molecule has 1 aliphatic rings. The Hall–Kier alpha value is -3.01. The van der Waals surface area contributed by atoms with Gasteiger partial charge in [0.15, 0.2) is 0 Å². The Balaban J connectivity index is 1.65. The van der Waals surface area contributed by atoms with E-state index in [1.165, 1.54) is 21.9 Å². The summed E-state index contributed by atoms with van der Waals surface area (Å²) < 4.78 is 72.1. The maximum atomic E-state index is 15.9. The molecule has 0 aromatic heterocycles. The molecule has 1 heterocycles. The first kappa shape index (κ1) is 35.8. The predicted octanol–water partition coefficient (Wildman–Crippen LogP) is 10.8. The molecular weight excluding hydrogens is 801 g/mol. The summed E-state index contributed by atoms with van der Waals surface area (Å²) in [6, 6.07) is 25.5. The third-order valence-corrected chi connectivity index (χ3v) is 11.4. The second kappa shape index (κ2) is 14.7. The molecule has 0 aliphatic carbocycles. The summed E-state index contributed by atoms with van der Waals surface area (Å²) in [6.07, 6.45) is -1.23. The molecule has 6 rings (SSSR count). The molecule has 0 radical (unpaired) electrons. The van der Waals surface area contributed by atoms with Crippen LogP contribution in [0.4, 0.5) is 28.9 Å². The van der Waals surface area contributed by atoms with Crippen molar-refractivity contribution >= 4 is 63.6 Å². The number of thioether (sulfide) groups is 1. The van der Waals surface area contributed by atoms with Crippen molar-refractivity contribution in [2.45, 2.75) is 40.8 Å². The minimum absolute atomic E-state index is 0.0374. The van der Waals surface area contributed by atoms with Gasteiger partial charge in [-0.3, -0.25) is 0 Å². The Kier molecular flexibility index (Phi) is 10.7. The molecule has 253 valence electrons. The van der Waals surface area contributed by atoms with E-state index in [4.69, 9.17) is 27.9 Å². The van der Waals surface area contributed by atoms with Gasteiger partial charge in [-0.1, -0.05) is 0 Å². The van der Waals surface area contributed by atoms with Crippen molar-refractivity contribution in [3.05, 3.63) is 136 Å². The fraction of sp³-hybridized carbons (Fsp3) is 0.162. The van der Waals surface area contributed by atoms with E-state index in [0.717, 1.165) is 47.2 Å². The standard InChI is InChI=1S/C37H28Cl2F4N2OS2.Ru/c1-21-10-7-13-23(22-11-5-4-6-12-22)32(21)46-36(48-34-25(39)19-18-24(38)33(34)47)35-44(30-26(40)14-8-15-27(30)41)20-37(2,3)45(35)31-28(42)16-9-17-29(31)43;/h1,4-19,35-36,47H,20H2,2-3H3;/q;+1/t35-,36+;/m0./s1. The van der Waals surface area contributed by atoms with E-state index >= 15 is 17.6 Å². The Bertz CT molecular complexity index is 2000. The molecule has 0 bridgehead atoms. The van der Waals surface area contributed by atoms with Crippen LogP contribution in [-0.4, -0.2) is 28.3 Å². The van der Waals surface area contributed by atoms with E-state index in [-0.39, 0.29) is 22.9 Å². The van der Waals surface area contributed by atoms with Crippen LogP contribution in [0.1, 0.15) is 19.4 Å². The van der Waals surface area contributed by atoms with Gasteiger partial charge in [-0.15, -0.1) is 0 Å². The number of ether oxygens (including phenoxy) is 1. The fourth-order valence-corrected chi connectivity index (χ4v) is 8.59. The van der Waals surface area contributed by atoms with Gasteiger partial charge in [0.05, 0.1) is 0 Å². The van der Waals surface area contributed by atoms with Crippen molar-refractivity contribution in [3.63, 3.8) is 0 Å². The van der Waals surface area contributed by atoms with Crippen LogP contribution >= 0.6 is 47.6 Å². The van der Waals surface area contributed by atoms with E-state index in [1.807, 2.05) is 48.5 Å². The topological polar surface area (TPSA) is 15.7 Å². The zero-order chi connectivity index (χ0) is 35.0. The minimum atomic E-state index is -1.23. The number of rotatable bonds is 9. The molecule has 1 fully saturated rings. The summed E-state index contributed by atoms with van der Waals surface area (Å²) >= 11 is 21.4. The van der Waals surface area contributed by atoms with Crippen LogP contribution in [0.5, 0.6) is 5.75 Å². The summed E-state index contributed by atoms with van der Waals surface area (Å²) in [6.45, 7) is 3.47. The van der Waals surface area contributed by atoms with E-state index < -0.39 is 40.4 Å². The first-order chi connectivity index (χ1) is 23.4. The molecule has 0 N–H and O–H groups in total. The van der Waals surface area contributed by atoms with Crippen LogP contribution in [0, 0.1) is 23.3 Å². The summed E-state index contributed by atoms with van der Waals surface area (Å²) in [7, 11) is 0. The van der Waals surface area contributed by atoms with Gasteiger partial charge in [0.25, 0.3) is 0 Å². The van der Waals surface area contributed by atoms with E-state index in [1.54, 1.807) is 30.6 Å². The summed E-state index contributed by atoms with van der Waals surface area (Å²) in [5.41, 5.74) is -0.753. The average molecular weight is 829 g/mol. The van der Waals surface area contributed by atoms with Gasteiger partial charge in [-0.05, 0) is 0 Å². The second-order valence-electron chi connectivity index (χ2n) is 11.9. The monoisotopic (exact) mass is 828 g/mol. The molecule has 3 nitrogen and oxygen atoms in total. The van der Waals surface area contributed by atoms with E-state index in [2.05, 4.69) is 30.5 Å². The Morgan fingerprint density at radius 2 is 1.39 bits per heavy atom.